The van der Waals surface area contributed by atoms with Gasteiger partial charge in [0.2, 0.25) is 0 Å². The van der Waals surface area contributed by atoms with Crippen LogP contribution >= 0.6 is 12.2 Å². The van der Waals surface area contributed by atoms with E-state index in [1.165, 1.54) is 11.1 Å². The zero-order valence-corrected chi connectivity index (χ0v) is 13.5. The molecule has 2 aliphatic heterocycles. The van der Waals surface area contributed by atoms with Crippen LogP contribution in [-0.2, 0) is 0 Å². The Hall–Kier alpha value is -1.29. The molecular formula is C16H22N2OS. The fourth-order valence-corrected chi connectivity index (χ4v) is 4.04. The Balaban J connectivity index is 2.14. The van der Waals surface area contributed by atoms with Gasteiger partial charge in [-0.1, -0.05) is 24.6 Å². The minimum absolute atomic E-state index is 0.228. The molecule has 4 heteroatoms. The van der Waals surface area contributed by atoms with Crippen molar-refractivity contribution in [2.24, 2.45) is 5.92 Å². The summed E-state index contributed by atoms with van der Waals surface area (Å²) < 4.78 is 6.40. The number of thiocarbonyl (C=S) groups is 1. The molecule has 1 fully saturated rings. The summed E-state index contributed by atoms with van der Waals surface area (Å²) in [6.45, 7) is 10.8. The lowest BCUT2D eigenvalue weighted by molar-refractivity contribution is -0.121. The first-order chi connectivity index (χ1) is 9.34. The van der Waals surface area contributed by atoms with E-state index in [4.69, 9.17) is 17.0 Å². The van der Waals surface area contributed by atoms with Gasteiger partial charge in [-0.25, -0.2) is 0 Å². The molecule has 20 heavy (non-hydrogen) atoms. The number of aryl methyl sites for hydroxylation is 1. The van der Waals surface area contributed by atoms with Crippen molar-refractivity contribution in [3.63, 3.8) is 0 Å². The van der Waals surface area contributed by atoms with Crippen molar-refractivity contribution in [3.05, 3.63) is 29.3 Å². The van der Waals surface area contributed by atoms with Crippen LogP contribution in [0.4, 0.5) is 0 Å². The van der Waals surface area contributed by atoms with E-state index in [9.17, 15) is 0 Å². The molecule has 1 aromatic rings. The van der Waals surface area contributed by atoms with Gasteiger partial charge < -0.3 is 15.0 Å². The lowest BCUT2D eigenvalue weighted by Gasteiger charge is -2.57. The first-order valence-electron chi connectivity index (χ1n) is 7.24. The number of hydrogen-bond donors (Lipinski definition) is 1. The first kappa shape index (κ1) is 13.7. The maximum atomic E-state index is 6.40. The third-order valence-corrected chi connectivity index (χ3v) is 4.97. The number of nitrogens with one attached hydrogen (secondary N) is 1. The summed E-state index contributed by atoms with van der Waals surface area (Å²) in [4.78, 5) is 2.19. The zero-order valence-electron chi connectivity index (χ0n) is 12.7. The van der Waals surface area contributed by atoms with Crippen molar-refractivity contribution in [1.82, 2.24) is 10.2 Å². The minimum atomic E-state index is -0.385. The van der Waals surface area contributed by atoms with E-state index in [1.807, 2.05) is 0 Å². The van der Waals surface area contributed by atoms with Gasteiger partial charge >= 0.3 is 0 Å². The smallest absolute Gasteiger partial charge is 0.187 e. The second-order valence-corrected chi connectivity index (χ2v) is 6.76. The van der Waals surface area contributed by atoms with Crippen molar-refractivity contribution in [1.29, 1.82) is 0 Å². The largest absolute Gasteiger partial charge is 0.467 e. The molecule has 3 nitrogen and oxygen atoms in total. The summed E-state index contributed by atoms with van der Waals surface area (Å²) in [5.41, 5.74) is 2.09. The SMILES string of the molecule is Cc1ccc2c(c1)C1NC(=S)N(C(C)C)C(C)(O2)C1C. The molecule has 3 rings (SSSR count). The molecule has 1 saturated heterocycles. The molecule has 0 aromatic heterocycles. The van der Waals surface area contributed by atoms with Crippen LogP contribution in [0.2, 0.25) is 0 Å². The van der Waals surface area contributed by atoms with Crippen LogP contribution in [0, 0.1) is 12.8 Å². The standard InChI is InChI=1S/C16H22N2OS/c1-9(2)18-15(20)17-14-11(4)16(18,5)19-13-7-6-10(3)8-12(13)14/h6-9,11,14H,1-5H3,(H,17,20). The molecule has 2 bridgehead atoms. The topological polar surface area (TPSA) is 24.5 Å². The third kappa shape index (κ3) is 1.74. The Morgan fingerprint density at radius 2 is 2.10 bits per heavy atom. The van der Waals surface area contributed by atoms with Crippen LogP contribution < -0.4 is 10.1 Å². The van der Waals surface area contributed by atoms with Crippen molar-refractivity contribution < 1.29 is 4.74 Å². The Labute approximate surface area is 126 Å². The first-order valence-corrected chi connectivity index (χ1v) is 7.65. The van der Waals surface area contributed by atoms with Gasteiger partial charge in [0.15, 0.2) is 10.8 Å². The molecular weight excluding hydrogens is 268 g/mol. The molecule has 1 aromatic carbocycles. The summed E-state index contributed by atoms with van der Waals surface area (Å²) in [6, 6.07) is 6.92. The maximum Gasteiger partial charge on any atom is 0.187 e. The molecule has 0 saturated carbocycles. The van der Waals surface area contributed by atoms with Gasteiger partial charge in [-0.15, -0.1) is 0 Å². The van der Waals surface area contributed by atoms with Crippen LogP contribution in [0.1, 0.15) is 44.9 Å². The fourth-order valence-electron chi connectivity index (χ4n) is 3.52. The van der Waals surface area contributed by atoms with Gasteiger partial charge in [-0.05, 0) is 46.0 Å². The summed E-state index contributed by atoms with van der Waals surface area (Å²) in [5.74, 6) is 1.30. The Morgan fingerprint density at radius 1 is 1.40 bits per heavy atom. The molecule has 1 N–H and O–H groups in total. The Bertz CT molecular complexity index is 572. The second kappa shape index (κ2) is 4.35. The van der Waals surface area contributed by atoms with E-state index in [1.54, 1.807) is 0 Å². The lowest BCUT2D eigenvalue weighted by Crippen LogP contribution is -2.70. The van der Waals surface area contributed by atoms with E-state index in [0.717, 1.165) is 10.9 Å². The Morgan fingerprint density at radius 3 is 2.75 bits per heavy atom. The summed E-state index contributed by atoms with van der Waals surface area (Å²) in [7, 11) is 0. The van der Waals surface area contributed by atoms with E-state index in [2.05, 4.69) is 63.0 Å². The molecule has 0 radical (unpaired) electrons. The van der Waals surface area contributed by atoms with E-state index < -0.39 is 0 Å². The molecule has 2 aliphatic rings. The monoisotopic (exact) mass is 290 g/mol. The average molecular weight is 290 g/mol. The predicted octanol–water partition coefficient (Wildman–Crippen LogP) is 3.38. The Kier molecular flexibility index (Phi) is 2.98. The van der Waals surface area contributed by atoms with Crippen LogP contribution in [0.15, 0.2) is 18.2 Å². The van der Waals surface area contributed by atoms with E-state index in [0.29, 0.717) is 12.0 Å². The summed E-state index contributed by atoms with van der Waals surface area (Å²) in [5, 5.41) is 4.30. The number of nitrogens with zero attached hydrogens (tertiary/aromatic N) is 1. The number of rotatable bonds is 1. The van der Waals surface area contributed by atoms with Crippen LogP contribution in [-0.4, -0.2) is 21.8 Å². The molecule has 2 heterocycles. The molecule has 0 aliphatic carbocycles. The number of ether oxygens (including phenoxy) is 1. The predicted molar refractivity (Wildman–Crippen MR) is 84.8 cm³/mol. The van der Waals surface area contributed by atoms with Gasteiger partial charge in [0.05, 0.1) is 6.04 Å². The van der Waals surface area contributed by atoms with E-state index in [-0.39, 0.29) is 11.8 Å². The van der Waals surface area contributed by atoms with Gasteiger partial charge in [0, 0.05) is 17.5 Å². The van der Waals surface area contributed by atoms with Crippen molar-refractivity contribution in [3.8, 4) is 5.75 Å². The molecule has 0 amide bonds. The van der Waals surface area contributed by atoms with E-state index >= 15 is 0 Å². The van der Waals surface area contributed by atoms with Crippen molar-refractivity contribution >= 4 is 17.3 Å². The zero-order chi connectivity index (χ0) is 14.7. The fraction of sp³-hybridized carbons (Fsp3) is 0.562. The number of hydrogen-bond acceptors (Lipinski definition) is 2. The van der Waals surface area contributed by atoms with Gasteiger partial charge in [0.1, 0.15) is 5.75 Å². The van der Waals surface area contributed by atoms with Gasteiger partial charge in [-0.3, -0.25) is 0 Å². The summed E-state index contributed by atoms with van der Waals surface area (Å²) >= 11 is 5.58. The summed E-state index contributed by atoms with van der Waals surface area (Å²) in [6.07, 6.45) is 0. The minimum Gasteiger partial charge on any atom is -0.467 e. The number of benzene rings is 1. The van der Waals surface area contributed by atoms with Crippen molar-refractivity contribution in [2.45, 2.75) is 52.4 Å². The quantitative estimate of drug-likeness (QED) is 0.801. The molecule has 108 valence electrons. The van der Waals surface area contributed by atoms with Gasteiger partial charge in [0.25, 0.3) is 0 Å². The van der Waals surface area contributed by atoms with Crippen LogP contribution in [0.5, 0.6) is 5.75 Å². The molecule has 3 unspecified atom stereocenters. The lowest BCUT2D eigenvalue weighted by atomic mass is 9.80. The third-order valence-electron chi connectivity index (χ3n) is 4.65. The maximum absolute atomic E-state index is 6.40. The molecule has 3 atom stereocenters. The van der Waals surface area contributed by atoms with Crippen molar-refractivity contribution in [2.75, 3.05) is 0 Å². The highest BCUT2D eigenvalue weighted by atomic mass is 32.1. The highest BCUT2D eigenvalue weighted by molar-refractivity contribution is 7.80. The van der Waals surface area contributed by atoms with Crippen LogP contribution in [0.3, 0.4) is 0 Å². The number of fused-ring (bicyclic) bond motifs is 4. The molecule has 0 spiro atoms. The second-order valence-electron chi connectivity index (χ2n) is 6.38. The highest BCUT2D eigenvalue weighted by Gasteiger charge is 2.53. The van der Waals surface area contributed by atoms with Gasteiger partial charge in [-0.2, -0.15) is 0 Å². The average Bonchev–Trinajstić information content (AvgIpc) is 2.34. The van der Waals surface area contributed by atoms with Crippen LogP contribution in [0.25, 0.3) is 0 Å². The normalized spacial score (nSPS) is 31.7. The highest BCUT2D eigenvalue weighted by Crippen LogP contribution is 2.48.